The van der Waals surface area contributed by atoms with Crippen molar-refractivity contribution in [2.75, 3.05) is 7.11 Å². The quantitative estimate of drug-likeness (QED) is 0.453. The third kappa shape index (κ3) is 3.15. The summed E-state index contributed by atoms with van der Waals surface area (Å²) in [6, 6.07) is 13.9. The van der Waals surface area contributed by atoms with Crippen LogP contribution in [0.25, 0.3) is 21.8 Å². The van der Waals surface area contributed by atoms with Gasteiger partial charge in [0.15, 0.2) is 0 Å². The molecule has 0 spiro atoms. The Morgan fingerprint density at radius 3 is 2.20 bits per heavy atom. The van der Waals surface area contributed by atoms with Crippen LogP contribution in [0.1, 0.15) is 16.8 Å². The summed E-state index contributed by atoms with van der Waals surface area (Å²) in [4.78, 5) is 29.4. The maximum Gasteiger partial charge on any atom is 0.329 e. The third-order valence-corrected chi connectivity index (χ3v) is 3.93. The van der Waals surface area contributed by atoms with Gasteiger partial charge in [-0.25, -0.2) is 9.78 Å². The number of aromatic nitrogens is 1. The Morgan fingerprint density at radius 2 is 1.68 bits per heavy atom. The molecular formula is C20H16N2O3. The van der Waals surface area contributed by atoms with Crippen molar-refractivity contribution in [1.82, 2.24) is 10.3 Å². The number of carbonyl (C=O) groups is 2. The van der Waals surface area contributed by atoms with Gasteiger partial charge in [0.25, 0.3) is 5.91 Å². The van der Waals surface area contributed by atoms with Crippen molar-refractivity contribution in [2.45, 2.75) is 12.5 Å². The number of esters is 1. The molecule has 5 heteroatoms. The van der Waals surface area contributed by atoms with E-state index in [9.17, 15) is 9.59 Å². The summed E-state index contributed by atoms with van der Waals surface area (Å²) in [5, 5.41) is 4.11. The van der Waals surface area contributed by atoms with Gasteiger partial charge in [0.1, 0.15) is 6.04 Å². The maximum atomic E-state index is 13.0. The lowest BCUT2D eigenvalue weighted by molar-refractivity contribution is -0.142. The lowest BCUT2D eigenvalue weighted by atomic mass is 10.0. The fourth-order valence-corrected chi connectivity index (χ4v) is 2.77. The lowest BCUT2D eigenvalue weighted by Gasteiger charge is -2.16. The van der Waals surface area contributed by atoms with E-state index in [1.807, 2.05) is 48.5 Å². The van der Waals surface area contributed by atoms with Crippen LogP contribution in [0.5, 0.6) is 0 Å². The zero-order chi connectivity index (χ0) is 17.8. The minimum Gasteiger partial charge on any atom is -0.467 e. The second-order valence-corrected chi connectivity index (χ2v) is 5.48. The Kier molecular flexibility index (Phi) is 4.62. The number of para-hydroxylation sites is 2. The first-order chi connectivity index (χ1) is 12.2. The van der Waals surface area contributed by atoms with Crippen molar-refractivity contribution in [3.63, 3.8) is 0 Å². The van der Waals surface area contributed by atoms with Gasteiger partial charge in [-0.1, -0.05) is 36.4 Å². The highest BCUT2D eigenvalue weighted by Gasteiger charge is 2.23. The van der Waals surface area contributed by atoms with Crippen LogP contribution in [0.4, 0.5) is 0 Å². The molecule has 1 heterocycles. The van der Waals surface area contributed by atoms with E-state index in [1.165, 1.54) is 7.11 Å². The van der Waals surface area contributed by atoms with E-state index in [4.69, 9.17) is 11.2 Å². The second-order valence-electron chi connectivity index (χ2n) is 5.48. The van der Waals surface area contributed by atoms with E-state index in [2.05, 4.69) is 16.2 Å². The molecule has 124 valence electrons. The van der Waals surface area contributed by atoms with E-state index >= 15 is 0 Å². The maximum absolute atomic E-state index is 13.0. The fourth-order valence-electron chi connectivity index (χ4n) is 2.77. The number of hydrogen-bond donors (Lipinski definition) is 1. The van der Waals surface area contributed by atoms with E-state index in [1.54, 1.807) is 0 Å². The molecule has 3 aromatic rings. The average Bonchev–Trinajstić information content (AvgIpc) is 2.64. The highest BCUT2D eigenvalue weighted by molar-refractivity contribution is 6.16. The van der Waals surface area contributed by atoms with Crippen molar-refractivity contribution in [3.8, 4) is 12.3 Å². The largest absolute Gasteiger partial charge is 0.467 e. The Labute approximate surface area is 145 Å². The van der Waals surface area contributed by atoms with E-state index < -0.39 is 12.0 Å². The summed E-state index contributed by atoms with van der Waals surface area (Å²) in [5.41, 5.74) is 1.88. The van der Waals surface area contributed by atoms with Gasteiger partial charge < -0.3 is 10.1 Å². The summed E-state index contributed by atoms with van der Waals surface area (Å²) < 4.78 is 4.72. The SMILES string of the molecule is C#CC[C@@H](NC(=O)c1c2ccccc2nc2ccccc12)C(=O)OC. The molecule has 0 radical (unpaired) electrons. The number of benzene rings is 2. The molecule has 0 saturated heterocycles. The zero-order valence-electron chi connectivity index (χ0n) is 13.7. The highest BCUT2D eigenvalue weighted by atomic mass is 16.5. The second kappa shape index (κ2) is 7.02. The van der Waals surface area contributed by atoms with Gasteiger partial charge >= 0.3 is 5.97 Å². The van der Waals surface area contributed by atoms with Crippen LogP contribution in [0.2, 0.25) is 0 Å². The number of pyridine rings is 1. The van der Waals surface area contributed by atoms with Crippen LogP contribution in [-0.4, -0.2) is 30.0 Å². The minimum absolute atomic E-state index is 0.0549. The number of amides is 1. The van der Waals surface area contributed by atoms with Crippen molar-refractivity contribution >= 4 is 33.7 Å². The van der Waals surface area contributed by atoms with Crippen molar-refractivity contribution in [1.29, 1.82) is 0 Å². The summed E-state index contributed by atoms with van der Waals surface area (Å²) in [6.45, 7) is 0. The van der Waals surface area contributed by atoms with E-state index in [0.717, 1.165) is 0 Å². The Hall–Kier alpha value is -3.39. The van der Waals surface area contributed by atoms with Gasteiger partial charge in [-0.15, -0.1) is 12.3 Å². The topological polar surface area (TPSA) is 68.3 Å². The molecule has 25 heavy (non-hydrogen) atoms. The van der Waals surface area contributed by atoms with Crippen molar-refractivity contribution in [3.05, 3.63) is 54.1 Å². The summed E-state index contributed by atoms with van der Waals surface area (Å²) in [6.07, 6.45) is 5.35. The Balaban J connectivity index is 2.13. The summed E-state index contributed by atoms with van der Waals surface area (Å²) >= 11 is 0. The van der Waals surface area contributed by atoms with Crippen LogP contribution in [0.15, 0.2) is 48.5 Å². The molecule has 0 saturated carbocycles. The molecule has 2 aromatic carbocycles. The summed E-state index contributed by atoms with van der Waals surface area (Å²) in [5.74, 6) is 1.42. The number of hydrogen-bond acceptors (Lipinski definition) is 4. The van der Waals surface area contributed by atoms with Gasteiger partial charge in [-0.2, -0.15) is 0 Å². The molecule has 1 amide bonds. The monoisotopic (exact) mass is 332 g/mol. The molecular weight excluding hydrogens is 316 g/mol. The summed E-state index contributed by atoms with van der Waals surface area (Å²) in [7, 11) is 1.26. The number of nitrogens with zero attached hydrogens (tertiary/aromatic N) is 1. The van der Waals surface area contributed by atoms with E-state index in [-0.39, 0.29) is 12.3 Å². The first-order valence-corrected chi connectivity index (χ1v) is 7.75. The van der Waals surface area contributed by atoms with Gasteiger partial charge in [-0.05, 0) is 12.1 Å². The number of rotatable bonds is 4. The third-order valence-electron chi connectivity index (χ3n) is 3.93. The molecule has 0 aliphatic rings. The van der Waals surface area contributed by atoms with Crippen LogP contribution < -0.4 is 5.32 Å². The predicted octanol–water partition coefficient (Wildman–Crippen LogP) is 2.68. The normalized spacial score (nSPS) is 11.7. The number of carbonyl (C=O) groups excluding carboxylic acids is 2. The molecule has 0 fully saturated rings. The molecule has 0 aliphatic carbocycles. The van der Waals surface area contributed by atoms with Crippen molar-refractivity contribution in [2.24, 2.45) is 0 Å². The smallest absolute Gasteiger partial charge is 0.329 e. The van der Waals surface area contributed by atoms with Gasteiger partial charge in [-0.3, -0.25) is 4.79 Å². The minimum atomic E-state index is -0.895. The van der Waals surface area contributed by atoms with E-state index in [0.29, 0.717) is 27.4 Å². The first kappa shape index (κ1) is 16.5. The van der Waals surface area contributed by atoms with Crippen LogP contribution >= 0.6 is 0 Å². The first-order valence-electron chi connectivity index (χ1n) is 7.75. The van der Waals surface area contributed by atoms with Crippen LogP contribution in [0.3, 0.4) is 0 Å². The van der Waals surface area contributed by atoms with Crippen molar-refractivity contribution < 1.29 is 14.3 Å². The van der Waals surface area contributed by atoms with Crippen LogP contribution in [0, 0.1) is 12.3 Å². The molecule has 0 aliphatic heterocycles. The average molecular weight is 332 g/mol. The molecule has 1 atom stereocenters. The standard InChI is InChI=1S/C20H16N2O3/c1-3-8-17(20(24)25-2)22-19(23)18-13-9-4-6-11-15(13)21-16-12-7-5-10-14(16)18/h1,4-7,9-12,17H,8H2,2H3,(H,22,23)/t17-/m1/s1. The Morgan fingerprint density at radius 1 is 1.12 bits per heavy atom. The van der Waals surface area contributed by atoms with Crippen LogP contribution in [-0.2, 0) is 9.53 Å². The van der Waals surface area contributed by atoms with Gasteiger partial charge in [0.2, 0.25) is 0 Å². The zero-order valence-corrected chi connectivity index (χ0v) is 13.7. The molecule has 0 bridgehead atoms. The highest BCUT2D eigenvalue weighted by Crippen LogP contribution is 2.26. The molecule has 0 unspecified atom stereocenters. The van der Waals surface area contributed by atoms with Gasteiger partial charge in [0.05, 0.1) is 23.7 Å². The van der Waals surface area contributed by atoms with Gasteiger partial charge in [0, 0.05) is 17.2 Å². The number of ether oxygens (including phenoxy) is 1. The molecule has 5 nitrogen and oxygen atoms in total. The molecule has 1 N–H and O–H groups in total. The Bertz CT molecular complexity index is 951. The number of nitrogens with one attached hydrogen (secondary N) is 1. The molecule has 3 rings (SSSR count). The number of methoxy groups -OCH3 is 1. The predicted molar refractivity (Wildman–Crippen MR) is 96.0 cm³/mol. The molecule has 1 aromatic heterocycles. The number of terminal acetylenes is 1. The lowest BCUT2D eigenvalue weighted by Crippen LogP contribution is -2.41. The fraction of sp³-hybridized carbons (Fsp3) is 0.150. The number of fused-ring (bicyclic) bond motifs is 2.